The van der Waals surface area contributed by atoms with Gasteiger partial charge in [-0.15, -0.1) is 0 Å². The Kier molecular flexibility index (Phi) is 2.02. The first kappa shape index (κ1) is 8.26. The van der Waals surface area contributed by atoms with Gasteiger partial charge in [-0.2, -0.15) is 0 Å². The van der Waals surface area contributed by atoms with Crippen LogP contribution in [-0.4, -0.2) is 6.54 Å². The Bertz CT molecular complexity index is 422. The van der Waals surface area contributed by atoms with Crippen molar-refractivity contribution in [3.63, 3.8) is 0 Å². The van der Waals surface area contributed by atoms with Gasteiger partial charge in [-0.3, -0.25) is 0 Å². The number of benzene rings is 1. The molecule has 0 atom stereocenters. The van der Waals surface area contributed by atoms with Crippen LogP contribution in [0.3, 0.4) is 0 Å². The number of rotatable bonds is 2. The smallest absolute Gasteiger partial charge is 0.134 e. The lowest BCUT2D eigenvalue weighted by molar-refractivity contribution is 0.600. The van der Waals surface area contributed by atoms with Crippen LogP contribution in [0.5, 0.6) is 0 Å². The molecular weight excluding hydrogens is 169 g/mol. The zero-order valence-electron chi connectivity index (χ0n) is 7.09. The maximum absolute atomic E-state index is 13.3. The van der Waals surface area contributed by atoms with Gasteiger partial charge in [0.1, 0.15) is 11.4 Å². The van der Waals surface area contributed by atoms with E-state index in [0.717, 1.165) is 5.39 Å². The summed E-state index contributed by atoms with van der Waals surface area (Å²) >= 11 is 0. The van der Waals surface area contributed by atoms with Crippen molar-refractivity contribution in [2.45, 2.75) is 6.42 Å². The van der Waals surface area contributed by atoms with Gasteiger partial charge < -0.3 is 10.2 Å². The molecule has 0 aliphatic heterocycles. The van der Waals surface area contributed by atoms with Crippen molar-refractivity contribution < 1.29 is 8.81 Å². The first-order valence-corrected chi connectivity index (χ1v) is 4.17. The third-order valence-corrected chi connectivity index (χ3v) is 2.04. The van der Waals surface area contributed by atoms with Gasteiger partial charge in [0.25, 0.3) is 0 Å². The predicted octanol–water partition coefficient (Wildman–Crippen LogP) is 2.07. The Morgan fingerprint density at radius 3 is 3.00 bits per heavy atom. The second-order valence-electron chi connectivity index (χ2n) is 2.94. The molecule has 0 unspecified atom stereocenters. The van der Waals surface area contributed by atoms with Gasteiger partial charge in [0.05, 0.1) is 6.26 Å². The van der Waals surface area contributed by atoms with Crippen LogP contribution < -0.4 is 5.73 Å². The van der Waals surface area contributed by atoms with E-state index >= 15 is 0 Å². The van der Waals surface area contributed by atoms with Crippen molar-refractivity contribution in [3.05, 3.63) is 35.8 Å². The van der Waals surface area contributed by atoms with E-state index in [4.69, 9.17) is 10.2 Å². The van der Waals surface area contributed by atoms with E-state index in [2.05, 4.69) is 0 Å². The first-order chi connectivity index (χ1) is 6.31. The fourth-order valence-electron chi connectivity index (χ4n) is 1.37. The van der Waals surface area contributed by atoms with Crippen LogP contribution in [0.25, 0.3) is 11.0 Å². The fourth-order valence-corrected chi connectivity index (χ4v) is 1.37. The highest BCUT2D eigenvalue weighted by atomic mass is 19.1. The molecule has 1 aromatic carbocycles. The van der Waals surface area contributed by atoms with Gasteiger partial charge in [-0.1, -0.05) is 0 Å². The van der Waals surface area contributed by atoms with E-state index in [9.17, 15) is 4.39 Å². The summed E-state index contributed by atoms with van der Waals surface area (Å²) in [6.45, 7) is 0.448. The fraction of sp³-hybridized carbons (Fsp3) is 0.200. The van der Waals surface area contributed by atoms with E-state index in [-0.39, 0.29) is 5.82 Å². The van der Waals surface area contributed by atoms with E-state index in [0.29, 0.717) is 24.1 Å². The van der Waals surface area contributed by atoms with Crippen molar-refractivity contribution >= 4 is 11.0 Å². The molecule has 0 radical (unpaired) electrons. The maximum atomic E-state index is 13.3. The normalized spacial score (nSPS) is 10.9. The lowest BCUT2D eigenvalue weighted by Crippen LogP contribution is -2.04. The van der Waals surface area contributed by atoms with E-state index < -0.39 is 0 Å². The summed E-state index contributed by atoms with van der Waals surface area (Å²) in [5.74, 6) is -0.209. The SMILES string of the molecule is NCCc1cc2occc2cc1F. The van der Waals surface area contributed by atoms with Crippen LogP contribution >= 0.6 is 0 Å². The van der Waals surface area contributed by atoms with Gasteiger partial charge in [0.15, 0.2) is 0 Å². The monoisotopic (exact) mass is 179 g/mol. The molecule has 2 N–H and O–H groups in total. The number of furan rings is 1. The largest absolute Gasteiger partial charge is 0.464 e. The molecule has 3 heteroatoms. The number of fused-ring (bicyclic) bond motifs is 1. The molecule has 2 nitrogen and oxygen atoms in total. The lowest BCUT2D eigenvalue weighted by Gasteiger charge is -2.00. The average molecular weight is 179 g/mol. The summed E-state index contributed by atoms with van der Waals surface area (Å²) in [4.78, 5) is 0. The van der Waals surface area contributed by atoms with Crippen molar-refractivity contribution in [1.29, 1.82) is 0 Å². The summed E-state index contributed by atoms with van der Waals surface area (Å²) < 4.78 is 18.4. The number of hydrogen-bond donors (Lipinski definition) is 1. The number of hydrogen-bond acceptors (Lipinski definition) is 2. The molecule has 0 saturated carbocycles. The second-order valence-corrected chi connectivity index (χ2v) is 2.94. The average Bonchev–Trinajstić information content (AvgIpc) is 2.52. The number of halogens is 1. The van der Waals surface area contributed by atoms with Crippen LogP contribution in [-0.2, 0) is 6.42 Å². The standard InChI is InChI=1S/C10H10FNO/c11-9-5-8-2-4-13-10(8)6-7(9)1-3-12/h2,4-6H,1,3,12H2. The molecule has 2 aromatic rings. The second kappa shape index (κ2) is 3.18. The molecule has 0 aliphatic rings. The van der Waals surface area contributed by atoms with E-state index in [1.54, 1.807) is 18.4 Å². The zero-order chi connectivity index (χ0) is 9.26. The molecule has 13 heavy (non-hydrogen) atoms. The van der Waals surface area contributed by atoms with Crippen LogP contribution in [0.1, 0.15) is 5.56 Å². The Morgan fingerprint density at radius 2 is 2.23 bits per heavy atom. The van der Waals surface area contributed by atoms with Gasteiger partial charge in [0, 0.05) is 5.39 Å². The highest BCUT2D eigenvalue weighted by Crippen LogP contribution is 2.20. The molecule has 2 rings (SSSR count). The first-order valence-electron chi connectivity index (χ1n) is 4.17. The van der Waals surface area contributed by atoms with Gasteiger partial charge in [-0.25, -0.2) is 4.39 Å². The Hall–Kier alpha value is -1.35. The molecule has 0 amide bonds. The van der Waals surface area contributed by atoms with Crippen LogP contribution in [0.15, 0.2) is 28.9 Å². The molecular formula is C10H10FNO. The highest BCUT2D eigenvalue weighted by molar-refractivity contribution is 5.77. The minimum atomic E-state index is -0.209. The van der Waals surface area contributed by atoms with Crippen molar-refractivity contribution in [2.75, 3.05) is 6.54 Å². The summed E-state index contributed by atoms with van der Waals surface area (Å²) in [6.07, 6.45) is 2.10. The van der Waals surface area contributed by atoms with E-state index in [1.165, 1.54) is 6.07 Å². The molecule has 1 aromatic heterocycles. The van der Waals surface area contributed by atoms with Crippen LogP contribution in [0, 0.1) is 5.82 Å². The van der Waals surface area contributed by atoms with Gasteiger partial charge >= 0.3 is 0 Å². The summed E-state index contributed by atoms with van der Waals surface area (Å²) in [5, 5.41) is 0.790. The zero-order valence-corrected chi connectivity index (χ0v) is 7.09. The molecule has 0 saturated heterocycles. The third-order valence-electron chi connectivity index (χ3n) is 2.04. The summed E-state index contributed by atoms with van der Waals surface area (Å²) in [5.41, 5.74) is 6.68. The maximum Gasteiger partial charge on any atom is 0.134 e. The molecule has 68 valence electrons. The van der Waals surface area contributed by atoms with Crippen LogP contribution in [0.4, 0.5) is 4.39 Å². The quantitative estimate of drug-likeness (QED) is 0.766. The van der Waals surface area contributed by atoms with Crippen LogP contribution in [0.2, 0.25) is 0 Å². The minimum absolute atomic E-state index is 0.209. The molecule has 0 aliphatic carbocycles. The Morgan fingerprint density at radius 1 is 1.38 bits per heavy atom. The van der Waals surface area contributed by atoms with Gasteiger partial charge in [0.2, 0.25) is 0 Å². The Balaban J connectivity index is 2.56. The molecule has 0 bridgehead atoms. The molecule has 1 heterocycles. The lowest BCUT2D eigenvalue weighted by atomic mass is 10.1. The third kappa shape index (κ3) is 1.42. The van der Waals surface area contributed by atoms with Crippen molar-refractivity contribution in [3.8, 4) is 0 Å². The van der Waals surface area contributed by atoms with Gasteiger partial charge in [-0.05, 0) is 36.7 Å². The molecule has 0 fully saturated rings. The van der Waals surface area contributed by atoms with E-state index in [1.807, 2.05) is 0 Å². The molecule has 0 spiro atoms. The topological polar surface area (TPSA) is 39.2 Å². The number of nitrogens with two attached hydrogens (primary N) is 1. The van der Waals surface area contributed by atoms with Crippen molar-refractivity contribution in [2.24, 2.45) is 5.73 Å². The highest BCUT2D eigenvalue weighted by Gasteiger charge is 2.05. The Labute approximate surface area is 75.1 Å². The summed E-state index contributed by atoms with van der Waals surface area (Å²) in [6, 6.07) is 4.92. The predicted molar refractivity (Wildman–Crippen MR) is 48.9 cm³/mol. The summed E-state index contributed by atoms with van der Waals surface area (Å²) in [7, 11) is 0. The minimum Gasteiger partial charge on any atom is -0.464 e. The van der Waals surface area contributed by atoms with Crippen molar-refractivity contribution in [1.82, 2.24) is 0 Å².